The Bertz CT molecular complexity index is 165. The Morgan fingerprint density at radius 2 is 1.92 bits per heavy atom. The van der Waals surface area contributed by atoms with Gasteiger partial charge in [-0.25, -0.2) is 0 Å². The van der Waals surface area contributed by atoms with Crippen molar-refractivity contribution in [1.82, 2.24) is 0 Å². The second-order valence-corrected chi connectivity index (χ2v) is 4.34. The van der Waals surface area contributed by atoms with E-state index in [0.29, 0.717) is 5.92 Å². The lowest BCUT2D eigenvalue weighted by molar-refractivity contribution is 0.357. The molecule has 76 valence electrons. The lowest BCUT2D eigenvalue weighted by Gasteiger charge is -2.23. The largest absolute Gasteiger partial charge is 0.330 e. The number of hydrogen-bond donors (Lipinski definition) is 2. The van der Waals surface area contributed by atoms with Crippen molar-refractivity contribution in [2.24, 2.45) is 17.6 Å². The van der Waals surface area contributed by atoms with Crippen molar-refractivity contribution in [2.75, 3.05) is 6.54 Å². The molecule has 2 atom stereocenters. The van der Waals surface area contributed by atoms with Crippen molar-refractivity contribution in [3.05, 3.63) is 0 Å². The van der Waals surface area contributed by atoms with Crippen molar-refractivity contribution in [3.63, 3.8) is 0 Å². The molecule has 3 N–H and O–H groups in total. The number of hydrogen-bond acceptors (Lipinski definition) is 2. The first kappa shape index (κ1) is 10.7. The Morgan fingerprint density at radius 3 is 2.54 bits per heavy atom. The van der Waals surface area contributed by atoms with Crippen LogP contribution >= 0.6 is 0 Å². The molecule has 0 aromatic heterocycles. The highest BCUT2D eigenvalue weighted by molar-refractivity contribution is 5.81. The van der Waals surface area contributed by atoms with Gasteiger partial charge in [-0.15, -0.1) is 0 Å². The third-order valence-corrected chi connectivity index (χ3v) is 3.28. The first-order valence-corrected chi connectivity index (χ1v) is 5.49. The Morgan fingerprint density at radius 1 is 1.23 bits per heavy atom. The van der Waals surface area contributed by atoms with E-state index in [4.69, 9.17) is 11.1 Å². The van der Waals surface area contributed by atoms with E-state index in [2.05, 4.69) is 0 Å². The summed E-state index contributed by atoms with van der Waals surface area (Å²) >= 11 is 0. The average molecular weight is 182 g/mol. The lowest BCUT2D eigenvalue weighted by atomic mass is 9.83. The van der Waals surface area contributed by atoms with Crippen molar-refractivity contribution in [2.45, 2.75) is 45.4 Å². The maximum absolute atomic E-state index is 7.65. The van der Waals surface area contributed by atoms with Gasteiger partial charge in [-0.3, -0.25) is 0 Å². The smallest absolute Gasteiger partial charge is 0.00891 e. The summed E-state index contributed by atoms with van der Waals surface area (Å²) in [5, 5.41) is 7.65. The molecule has 0 aliphatic heterocycles. The molecule has 0 spiro atoms. The fraction of sp³-hybridized carbons (Fsp3) is 0.909. The van der Waals surface area contributed by atoms with Gasteiger partial charge in [-0.1, -0.05) is 12.8 Å². The first-order chi connectivity index (χ1) is 6.24. The zero-order valence-corrected chi connectivity index (χ0v) is 8.68. The maximum atomic E-state index is 7.65. The summed E-state index contributed by atoms with van der Waals surface area (Å²) in [5.41, 5.74) is 6.56. The SMILES string of the molecule is CC(=N)C1CCCCC(CN)CC1. The van der Waals surface area contributed by atoms with Gasteiger partial charge in [-0.05, 0) is 51.0 Å². The quantitative estimate of drug-likeness (QED) is 0.634. The highest BCUT2D eigenvalue weighted by atomic mass is 14.5. The molecule has 0 saturated heterocycles. The zero-order chi connectivity index (χ0) is 9.68. The van der Waals surface area contributed by atoms with Gasteiger partial charge in [0.05, 0.1) is 0 Å². The molecular formula is C11H22N2. The topological polar surface area (TPSA) is 49.9 Å². The van der Waals surface area contributed by atoms with Crippen LogP contribution in [0, 0.1) is 17.2 Å². The molecule has 1 fully saturated rings. The van der Waals surface area contributed by atoms with Crippen molar-refractivity contribution in [1.29, 1.82) is 5.41 Å². The molecule has 0 aromatic carbocycles. The normalized spacial score (nSPS) is 30.6. The predicted molar refractivity (Wildman–Crippen MR) is 57.1 cm³/mol. The van der Waals surface area contributed by atoms with Crippen LogP contribution < -0.4 is 5.73 Å². The van der Waals surface area contributed by atoms with E-state index >= 15 is 0 Å². The maximum Gasteiger partial charge on any atom is 0.00891 e. The van der Waals surface area contributed by atoms with E-state index in [-0.39, 0.29) is 0 Å². The molecule has 1 aliphatic rings. The summed E-state index contributed by atoms with van der Waals surface area (Å²) in [6.45, 7) is 2.79. The third-order valence-electron chi connectivity index (χ3n) is 3.28. The van der Waals surface area contributed by atoms with Crippen LogP contribution in [0.1, 0.15) is 45.4 Å². The zero-order valence-electron chi connectivity index (χ0n) is 8.68. The van der Waals surface area contributed by atoms with Gasteiger partial charge >= 0.3 is 0 Å². The summed E-state index contributed by atoms with van der Waals surface area (Å²) in [4.78, 5) is 0. The molecule has 0 bridgehead atoms. The molecule has 1 aliphatic carbocycles. The van der Waals surface area contributed by atoms with Gasteiger partial charge in [-0.2, -0.15) is 0 Å². The van der Waals surface area contributed by atoms with E-state index < -0.39 is 0 Å². The summed E-state index contributed by atoms with van der Waals surface area (Å²) < 4.78 is 0. The molecule has 1 saturated carbocycles. The van der Waals surface area contributed by atoms with Gasteiger partial charge in [0.25, 0.3) is 0 Å². The highest BCUT2D eigenvalue weighted by Crippen LogP contribution is 2.26. The van der Waals surface area contributed by atoms with Crippen molar-refractivity contribution < 1.29 is 0 Å². The van der Waals surface area contributed by atoms with E-state index in [1.165, 1.54) is 38.5 Å². The minimum atomic E-state index is 0.550. The van der Waals surface area contributed by atoms with Gasteiger partial charge < -0.3 is 11.1 Å². The molecule has 2 unspecified atom stereocenters. The predicted octanol–water partition coefficient (Wildman–Crippen LogP) is 2.57. The summed E-state index contributed by atoms with van der Waals surface area (Å²) in [5.74, 6) is 1.27. The fourth-order valence-electron chi connectivity index (χ4n) is 2.22. The Balaban J connectivity index is 2.40. The Labute approximate surface area is 81.4 Å². The summed E-state index contributed by atoms with van der Waals surface area (Å²) in [6, 6.07) is 0. The first-order valence-electron chi connectivity index (χ1n) is 5.49. The van der Waals surface area contributed by atoms with E-state index in [1.807, 2.05) is 6.92 Å². The Hall–Kier alpha value is -0.370. The van der Waals surface area contributed by atoms with Gasteiger partial charge in [0.1, 0.15) is 0 Å². The molecular weight excluding hydrogens is 160 g/mol. The third kappa shape index (κ3) is 3.47. The van der Waals surface area contributed by atoms with Crippen LogP contribution in [0.4, 0.5) is 0 Å². The monoisotopic (exact) mass is 182 g/mol. The number of nitrogens with two attached hydrogens (primary N) is 1. The van der Waals surface area contributed by atoms with Crippen LogP contribution in [0.3, 0.4) is 0 Å². The molecule has 0 amide bonds. The summed E-state index contributed by atoms with van der Waals surface area (Å²) in [6.07, 6.45) is 7.56. The number of nitrogens with one attached hydrogen (secondary N) is 1. The molecule has 0 aromatic rings. The van der Waals surface area contributed by atoms with E-state index in [1.54, 1.807) is 0 Å². The summed E-state index contributed by atoms with van der Waals surface area (Å²) in [7, 11) is 0. The second-order valence-electron chi connectivity index (χ2n) is 4.34. The average Bonchev–Trinajstić information content (AvgIpc) is 2.03. The van der Waals surface area contributed by atoms with Crippen LogP contribution in [-0.4, -0.2) is 12.3 Å². The minimum Gasteiger partial charge on any atom is -0.330 e. The molecule has 13 heavy (non-hydrogen) atoms. The van der Waals surface area contributed by atoms with E-state index in [0.717, 1.165) is 18.2 Å². The van der Waals surface area contributed by atoms with Crippen LogP contribution in [0.15, 0.2) is 0 Å². The highest BCUT2D eigenvalue weighted by Gasteiger charge is 2.17. The van der Waals surface area contributed by atoms with Crippen molar-refractivity contribution >= 4 is 5.71 Å². The fourth-order valence-corrected chi connectivity index (χ4v) is 2.22. The van der Waals surface area contributed by atoms with Crippen LogP contribution in [0.5, 0.6) is 0 Å². The molecule has 0 heterocycles. The molecule has 2 nitrogen and oxygen atoms in total. The van der Waals surface area contributed by atoms with Crippen LogP contribution in [0.2, 0.25) is 0 Å². The van der Waals surface area contributed by atoms with Crippen molar-refractivity contribution in [3.8, 4) is 0 Å². The van der Waals surface area contributed by atoms with Crippen LogP contribution in [-0.2, 0) is 0 Å². The van der Waals surface area contributed by atoms with Gasteiger partial charge in [0, 0.05) is 5.71 Å². The minimum absolute atomic E-state index is 0.550. The number of rotatable bonds is 2. The van der Waals surface area contributed by atoms with Gasteiger partial charge in [0.15, 0.2) is 0 Å². The molecule has 1 rings (SSSR count). The van der Waals surface area contributed by atoms with Gasteiger partial charge in [0.2, 0.25) is 0 Å². The van der Waals surface area contributed by atoms with Crippen LogP contribution in [0.25, 0.3) is 0 Å². The molecule has 2 heteroatoms. The Kier molecular flexibility index (Phi) is 4.43. The lowest BCUT2D eigenvalue weighted by Crippen LogP contribution is -2.20. The molecule has 0 radical (unpaired) electrons. The van der Waals surface area contributed by atoms with E-state index in [9.17, 15) is 0 Å². The standard InChI is InChI=1S/C11H22N2/c1-9(13)11-5-3-2-4-10(8-12)6-7-11/h10-11,13H,2-8,12H2,1H3. The second kappa shape index (κ2) is 5.38.